The lowest BCUT2D eigenvalue weighted by Gasteiger charge is -2.30. The fourth-order valence-electron chi connectivity index (χ4n) is 2.48. The van der Waals surface area contributed by atoms with Gasteiger partial charge < -0.3 is 10.8 Å². The fourth-order valence-corrected chi connectivity index (χ4v) is 3.95. The predicted molar refractivity (Wildman–Crippen MR) is 77.8 cm³/mol. The van der Waals surface area contributed by atoms with Crippen LogP contribution in [-0.4, -0.2) is 44.1 Å². The summed E-state index contributed by atoms with van der Waals surface area (Å²) in [6, 6.07) is 6.94. The van der Waals surface area contributed by atoms with Crippen LogP contribution in [0.4, 0.5) is 0 Å². The molecule has 0 saturated carbocycles. The number of sulfonamides is 1. The number of rotatable bonds is 5. The maximum absolute atomic E-state index is 12.5. The van der Waals surface area contributed by atoms with E-state index in [4.69, 9.17) is 10.8 Å². The average Bonchev–Trinajstić information content (AvgIpc) is 2.48. The predicted octanol–water partition coefficient (Wildman–Crippen LogP) is 0.581. The molecule has 3 N–H and O–H groups in total. The summed E-state index contributed by atoms with van der Waals surface area (Å²) in [5.74, 6) is 0.230. The van der Waals surface area contributed by atoms with Gasteiger partial charge in [-0.1, -0.05) is 12.1 Å². The summed E-state index contributed by atoms with van der Waals surface area (Å²) in [6.45, 7) is 1.67. The van der Waals surface area contributed by atoms with Gasteiger partial charge in [-0.25, -0.2) is 8.42 Å². The minimum Gasteiger partial charge on any atom is -0.396 e. The maximum atomic E-state index is 12.5. The number of benzene rings is 1. The second-order valence-corrected chi connectivity index (χ2v) is 7.15. The van der Waals surface area contributed by atoms with Gasteiger partial charge in [-0.15, -0.1) is 0 Å². The van der Waals surface area contributed by atoms with E-state index in [1.54, 1.807) is 12.1 Å². The van der Waals surface area contributed by atoms with Gasteiger partial charge in [0.1, 0.15) is 0 Å². The smallest absolute Gasteiger partial charge is 0.243 e. The molecule has 1 fully saturated rings. The second-order valence-electron chi connectivity index (χ2n) is 5.21. The van der Waals surface area contributed by atoms with E-state index in [9.17, 15) is 8.42 Å². The lowest BCUT2D eigenvalue weighted by molar-refractivity contribution is 0.170. The summed E-state index contributed by atoms with van der Waals surface area (Å²) in [5, 5.41) is 9.10. The van der Waals surface area contributed by atoms with Crippen molar-refractivity contribution in [2.24, 2.45) is 11.7 Å². The van der Waals surface area contributed by atoms with E-state index in [0.29, 0.717) is 24.5 Å². The molecule has 6 heteroatoms. The molecule has 5 nitrogen and oxygen atoms in total. The van der Waals surface area contributed by atoms with Gasteiger partial charge in [0.25, 0.3) is 0 Å². The number of nitrogens with zero attached hydrogens (tertiary/aromatic N) is 1. The van der Waals surface area contributed by atoms with Gasteiger partial charge in [0.2, 0.25) is 10.0 Å². The highest BCUT2D eigenvalue weighted by Gasteiger charge is 2.28. The minimum atomic E-state index is -3.40. The number of hydrogen-bond acceptors (Lipinski definition) is 4. The Hall–Kier alpha value is -0.950. The zero-order chi connectivity index (χ0) is 14.6. The Kier molecular flexibility index (Phi) is 5.15. The summed E-state index contributed by atoms with van der Waals surface area (Å²) in [4.78, 5) is 0.334. The van der Waals surface area contributed by atoms with Crippen LogP contribution in [0, 0.1) is 5.92 Å². The van der Waals surface area contributed by atoms with Crippen LogP contribution in [0.2, 0.25) is 0 Å². The molecule has 0 bridgehead atoms. The fraction of sp³-hybridized carbons (Fsp3) is 0.571. The molecule has 0 atom stereocenters. The standard InChI is InChI=1S/C14H22N2O3S/c15-8-5-12-1-3-14(4-2-12)20(18,19)16-9-6-13(11-17)7-10-16/h1-4,13,17H,5-11,15H2. The van der Waals surface area contributed by atoms with E-state index >= 15 is 0 Å². The maximum Gasteiger partial charge on any atom is 0.243 e. The molecule has 0 aromatic heterocycles. The van der Waals surface area contributed by atoms with Crippen LogP contribution in [0.25, 0.3) is 0 Å². The molecule has 0 unspecified atom stereocenters. The molecule has 1 aromatic rings. The van der Waals surface area contributed by atoms with Gasteiger partial charge in [0.05, 0.1) is 4.90 Å². The molecule has 1 heterocycles. The van der Waals surface area contributed by atoms with Crippen molar-refractivity contribution in [2.45, 2.75) is 24.2 Å². The zero-order valence-corrected chi connectivity index (χ0v) is 12.3. The van der Waals surface area contributed by atoms with Gasteiger partial charge in [-0.05, 0) is 49.4 Å². The second kappa shape index (κ2) is 6.67. The van der Waals surface area contributed by atoms with E-state index in [-0.39, 0.29) is 12.5 Å². The number of nitrogens with two attached hydrogens (primary N) is 1. The van der Waals surface area contributed by atoms with Crippen molar-refractivity contribution in [3.05, 3.63) is 29.8 Å². The Balaban J connectivity index is 2.10. The highest BCUT2D eigenvalue weighted by Crippen LogP contribution is 2.23. The number of hydrogen-bond donors (Lipinski definition) is 2. The Morgan fingerprint density at radius 1 is 1.20 bits per heavy atom. The average molecular weight is 298 g/mol. The highest BCUT2D eigenvalue weighted by atomic mass is 32.2. The third-order valence-electron chi connectivity index (χ3n) is 3.83. The molecule has 112 valence electrons. The molecule has 0 amide bonds. The van der Waals surface area contributed by atoms with E-state index < -0.39 is 10.0 Å². The van der Waals surface area contributed by atoms with Gasteiger partial charge in [0, 0.05) is 19.7 Å². The van der Waals surface area contributed by atoms with Gasteiger partial charge in [0.15, 0.2) is 0 Å². The van der Waals surface area contributed by atoms with Gasteiger partial charge in [-0.3, -0.25) is 0 Å². The van der Waals surface area contributed by atoms with Crippen LogP contribution < -0.4 is 5.73 Å². The van der Waals surface area contributed by atoms with Crippen molar-refractivity contribution in [1.82, 2.24) is 4.31 Å². The summed E-state index contributed by atoms with van der Waals surface area (Å²) in [5.41, 5.74) is 6.53. The number of aliphatic hydroxyl groups excluding tert-OH is 1. The van der Waals surface area contributed by atoms with Crippen molar-refractivity contribution >= 4 is 10.0 Å². The van der Waals surface area contributed by atoms with E-state index in [1.807, 2.05) is 12.1 Å². The summed E-state index contributed by atoms with van der Waals surface area (Å²) in [7, 11) is -3.40. The van der Waals surface area contributed by atoms with Crippen LogP contribution >= 0.6 is 0 Å². The Morgan fingerprint density at radius 2 is 1.80 bits per heavy atom. The Morgan fingerprint density at radius 3 is 2.30 bits per heavy atom. The largest absolute Gasteiger partial charge is 0.396 e. The molecule has 20 heavy (non-hydrogen) atoms. The first-order valence-electron chi connectivity index (χ1n) is 6.98. The first-order chi connectivity index (χ1) is 9.57. The minimum absolute atomic E-state index is 0.141. The summed E-state index contributed by atoms with van der Waals surface area (Å²) >= 11 is 0. The molecular formula is C14H22N2O3S. The van der Waals surface area contributed by atoms with E-state index in [2.05, 4.69) is 0 Å². The highest BCUT2D eigenvalue weighted by molar-refractivity contribution is 7.89. The molecule has 0 radical (unpaired) electrons. The molecule has 0 spiro atoms. The number of aliphatic hydroxyl groups is 1. The lowest BCUT2D eigenvalue weighted by atomic mass is 10.00. The van der Waals surface area contributed by atoms with Gasteiger partial charge in [-0.2, -0.15) is 4.31 Å². The van der Waals surface area contributed by atoms with Crippen LogP contribution in [0.15, 0.2) is 29.2 Å². The quantitative estimate of drug-likeness (QED) is 0.833. The lowest BCUT2D eigenvalue weighted by Crippen LogP contribution is -2.39. The zero-order valence-electron chi connectivity index (χ0n) is 11.5. The van der Waals surface area contributed by atoms with Crippen LogP contribution in [0.3, 0.4) is 0 Å². The monoisotopic (exact) mass is 298 g/mol. The molecule has 0 aliphatic carbocycles. The first kappa shape index (κ1) is 15.4. The summed E-state index contributed by atoms with van der Waals surface area (Å²) in [6.07, 6.45) is 2.20. The van der Waals surface area contributed by atoms with Crippen molar-refractivity contribution < 1.29 is 13.5 Å². The van der Waals surface area contributed by atoms with Crippen molar-refractivity contribution in [1.29, 1.82) is 0 Å². The van der Waals surface area contributed by atoms with Crippen LogP contribution in [-0.2, 0) is 16.4 Å². The van der Waals surface area contributed by atoms with E-state index in [0.717, 1.165) is 24.8 Å². The van der Waals surface area contributed by atoms with E-state index in [1.165, 1.54) is 4.31 Å². The topological polar surface area (TPSA) is 83.6 Å². The van der Waals surface area contributed by atoms with Crippen LogP contribution in [0.1, 0.15) is 18.4 Å². The summed E-state index contributed by atoms with van der Waals surface area (Å²) < 4.78 is 26.5. The third-order valence-corrected chi connectivity index (χ3v) is 5.74. The van der Waals surface area contributed by atoms with Crippen molar-refractivity contribution in [3.63, 3.8) is 0 Å². The molecule has 1 saturated heterocycles. The third kappa shape index (κ3) is 3.38. The van der Waals surface area contributed by atoms with Crippen molar-refractivity contribution in [2.75, 3.05) is 26.2 Å². The molecule has 2 rings (SSSR count). The Bertz CT molecular complexity index is 520. The molecule has 1 aliphatic rings. The van der Waals surface area contributed by atoms with Crippen molar-refractivity contribution in [3.8, 4) is 0 Å². The molecule has 1 aliphatic heterocycles. The van der Waals surface area contributed by atoms with Crippen LogP contribution in [0.5, 0.6) is 0 Å². The first-order valence-corrected chi connectivity index (χ1v) is 8.42. The molecule has 1 aromatic carbocycles. The Labute approximate surface area is 120 Å². The normalized spacial score (nSPS) is 18.3. The SMILES string of the molecule is NCCc1ccc(S(=O)(=O)N2CCC(CO)CC2)cc1. The number of piperidine rings is 1. The molecular weight excluding hydrogens is 276 g/mol. The van der Waals surface area contributed by atoms with Gasteiger partial charge >= 0.3 is 0 Å².